The van der Waals surface area contributed by atoms with E-state index in [0.717, 1.165) is 11.3 Å². The second-order valence-electron chi connectivity index (χ2n) is 4.42. The fourth-order valence-electron chi connectivity index (χ4n) is 1.92. The van der Waals surface area contributed by atoms with Crippen molar-refractivity contribution >= 4 is 12.6 Å². The van der Waals surface area contributed by atoms with Crippen molar-refractivity contribution < 1.29 is 24.3 Å². The second-order valence-corrected chi connectivity index (χ2v) is 4.42. The molecule has 0 spiro atoms. The molecule has 1 heterocycles. The fourth-order valence-corrected chi connectivity index (χ4v) is 1.92. The van der Waals surface area contributed by atoms with Crippen LogP contribution < -0.4 is 19.7 Å². The van der Waals surface area contributed by atoms with Crippen molar-refractivity contribution in [3.63, 3.8) is 0 Å². The maximum absolute atomic E-state index is 9.01. The van der Waals surface area contributed by atoms with Crippen molar-refractivity contribution in [3.8, 4) is 17.2 Å². The van der Waals surface area contributed by atoms with E-state index in [2.05, 4.69) is 0 Å². The molecule has 0 unspecified atom stereocenters. The minimum absolute atomic E-state index is 0.240. The van der Waals surface area contributed by atoms with Crippen molar-refractivity contribution in [2.24, 2.45) is 0 Å². The predicted octanol–water partition coefficient (Wildman–Crippen LogP) is 0.674. The summed E-state index contributed by atoms with van der Waals surface area (Å²) in [5, 5.41) is 18.0. The Hall–Kier alpha value is -2.18. The smallest absolute Gasteiger partial charge is 0.488 e. The first-order chi connectivity index (χ1) is 9.72. The first-order valence-electron chi connectivity index (χ1n) is 6.20. The Balaban J connectivity index is 1.64. The number of hydrogen-bond donors (Lipinski definition) is 2. The number of ether oxygens (including phenoxy) is 3. The van der Waals surface area contributed by atoms with E-state index in [1.807, 2.05) is 12.1 Å². The minimum Gasteiger partial charge on any atom is -0.489 e. The molecule has 2 aromatic carbocycles. The van der Waals surface area contributed by atoms with E-state index < -0.39 is 7.12 Å². The van der Waals surface area contributed by atoms with Crippen molar-refractivity contribution in [2.75, 3.05) is 6.79 Å². The summed E-state index contributed by atoms with van der Waals surface area (Å²) in [5.41, 5.74) is 1.39. The van der Waals surface area contributed by atoms with E-state index in [1.165, 1.54) is 0 Å². The Morgan fingerprint density at radius 1 is 1.00 bits per heavy atom. The molecule has 0 amide bonds. The highest BCUT2D eigenvalue weighted by atomic mass is 16.7. The molecule has 0 bridgehead atoms. The van der Waals surface area contributed by atoms with E-state index in [-0.39, 0.29) is 6.79 Å². The molecule has 0 radical (unpaired) electrons. The lowest BCUT2D eigenvalue weighted by atomic mass is 9.80. The molecule has 2 aromatic rings. The third-order valence-corrected chi connectivity index (χ3v) is 3.03. The van der Waals surface area contributed by atoms with Crippen LogP contribution in [0.15, 0.2) is 42.5 Å². The number of hydrogen-bond acceptors (Lipinski definition) is 5. The summed E-state index contributed by atoms with van der Waals surface area (Å²) in [6, 6.07) is 12.3. The van der Waals surface area contributed by atoms with Crippen LogP contribution >= 0.6 is 0 Å². The first-order valence-corrected chi connectivity index (χ1v) is 6.20. The van der Waals surface area contributed by atoms with E-state index >= 15 is 0 Å². The third kappa shape index (κ3) is 2.71. The summed E-state index contributed by atoms with van der Waals surface area (Å²) in [5.74, 6) is 2.10. The van der Waals surface area contributed by atoms with Crippen LogP contribution in [0.4, 0.5) is 0 Å². The van der Waals surface area contributed by atoms with Crippen LogP contribution in [0.2, 0.25) is 0 Å². The van der Waals surface area contributed by atoms with E-state index in [4.69, 9.17) is 24.3 Å². The van der Waals surface area contributed by atoms with E-state index in [9.17, 15) is 0 Å². The molecule has 0 aromatic heterocycles. The van der Waals surface area contributed by atoms with Crippen molar-refractivity contribution in [1.82, 2.24) is 0 Å². The molecule has 1 aliphatic rings. The van der Waals surface area contributed by atoms with E-state index in [0.29, 0.717) is 23.6 Å². The fraction of sp³-hybridized carbons (Fsp3) is 0.143. The molecule has 102 valence electrons. The number of fused-ring (bicyclic) bond motifs is 1. The topological polar surface area (TPSA) is 68.2 Å². The van der Waals surface area contributed by atoms with Gasteiger partial charge in [-0.25, -0.2) is 0 Å². The summed E-state index contributed by atoms with van der Waals surface area (Å²) in [6.07, 6.45) is 0. The van der Waals surface area contributed by atoms with Gasteiger partial charge in [-0.3, -0.25) is 0 Å². The predicted molar refractivity (Wildman–Crippen MR) is 73.2 cm³/mol. The van der Waals surface area contributed by atoms with Crippen LogP contribution in [0, 0.1) is 0 Å². The standard InChI is InChI=1S/C14H13BO5/c16-15(17)11-3-1-10(2-4-11)8-18-12-5-6-13-14(7-12)20-9-19-13/h1-7,16-17H,8-9H2. The minimum atomic E-state index is -1.45. The normalized spacial score (nSPS) is 12.3. The molecule has 5 nitrogen and oxygen atoms in total. The van der Waals surface area contributed by atoms with Crippen LogP contribution in [0.1, 0.15) is 5.56 Å². The van der Waals surface area contributed by atoms with Gasteiger partial charge in [-0.2, -0.15) is 0 Å². The van der Waals surface area contributed by atoms with Crippen LogP contribution in [-0.4, -0.2) is 24.0 Å². The molecule has 0 saturated heterocycles. The molecular formula is C14H13BO5. The van der Waals surface area contributed by atoms with Gasteiger partial charge in [-0.15, -0.1) is 0 Å². The highest BCUT2D eigenvalue weighted by Gasteiger charge is 2.14. The molecular weight excluding hydrogens is 259 g/mol. The maximum atomic E-state index is 9.01. The average Bonchev–Trinajstić information content (AvgIpc) is 2.93. The lowest BCUT2D eigenvalue weighted by Crippen LogP contribution is -2.29. The van der Waals surface area contributed by atoms with Gasteiger partial charge in [0, 0.05) is 6.07 Å². The highest BCUT2D eigenvalue weighted by Crippen LogP contribution is 2.35. The van der Waals surface area contributed by atoms with Crippen LogP contribution in [0.25, 0.3) is 0 Å². The van der Waals surface area contributed by atoms with Gasteiger partial charge in [0.15, 0.2) is 11.5 Å². The molecule has 20 heavy (non-hydrogen) atoms. The van der Waals surface area contributed by atoms with Crippen molar-refractivity contribution in [1.29, 1.82) is 0 Å². The van der Waals surface area contributed by atoms with Crippen LogP contribution in [0.5, 0.6) is 17.2 Å². The highest BCUT2D eigenvalue weighted by molar-refractivity contribution is 6.58. The Morgan fingerprint density at radius 2 is 1.75 bits per heavy atom. The molecule has 6 heteroatoms. The largest absolute Gasteiger partial charge is 0.489 e. The van der Waals surface area contributed by atoms with Crippen LogP contribution in [0.3, 0.4) is 0 Å². The molecule has 2 N–H and O–H groups in total. The lowest BCUT2D eigenvalue weighted by Gasteiger charge is -2.08. The summed E-state index contributed by atoms with van der Waals surface area (Å²) < 4.78 is 16.2. The van der Waals surface area contributed by atoms with Gasteiger partial charge in [-0.1, -0.05) is 24.3 Å². The Bertz CT molecular complexity index is 597. The van der Waals surface area contributed by atoms with E-state index in [1.54, 1.807) is 30.3 Å². The van der Waals surface area contributed by atoms with Gasteiger partial charge in [0.2, 0.25) is 6.79 Å². The van der Waals surface area contributed by atoms with Crippen molar-refractivity contribution in [2.45, 2.75) is 6.61 Å². The van der Waals surface area contributed by atoms with Gasteiger partial charge >= 0.3 is 7.12 Å². The molecule has 0 saturated carbocycles. The zero-order valence-corrected chi connectivity index (χ0v) is 10.7. The monoisotopic (exact) mass is 272 g/mol. The van der Waals surface area contributed by atoms with Gasteiger partial charge in [0.05, 0.1) is 0 Å². The Morgan fingerprint density at radius 3 is 2.50 bits per heavy atom. The molecule has 0 fully saturated rings. The summed E-state index contributed by atoms with van der Waals surface area (Å²) in [4.78, 5) is 0. The quantitative estimate of drug-likeness (QED) is 0.801. The Kier molecular flexibility index (Phi) is 3.49. The summed E-state index contributed by atoms with van der Waals surface area (Å²) in [6.45, 7) is 0.630. The van der Waals surface area contributed by atoms with Gasteiger partial charge < -0.3 is 24.3 Å². The van der Waals surface area contributed by atoms with Gasteiger partial charge in [0.25, 0.3) is 0 Å². The molecule has 1 aliphatic heterocycles. The Labute approximate surface area is 116 Å². The molecule has 0 aliphatic carbocycles. The first kappa shape index (κ1) is 12.8. The lowest BCUT2D eigenvalue weighted by molar-refractivity contribution is 0.173. The molecule has 0 atom stereocenters. The van der Waals surface area contributed by atoms with Gasteiger partial charge in [0.1, 0.15) is 12.4 Å². The zero-order chi connectivity index (χ0) is 13.9. The SMILES string of the molecule is OB(O)c1ccc(COc2ccc3c(c2)OCO3)cc1. The molecule has 3 rings (SSSR count). The van der Waals surface area contributed by atoms with Gasteiger partial charge in [-0.05, 0) is 23.2 Å². The van der Waals surface area contributed by atoms with Crippen molar-refractivity contribution in [3.05, 3.63) is 48.0 Å². The average molecular weight is 272 g/mol. The summed E-state index contributed by atoms with van der Waals surface area (Å²) in [7, 11) is -1.45. The number of rotatable bonds is 4. The maximum Gasteiger partial charge on any atom is 0.488 e. The van der Waals surface area contributed by atoms with Crippen LogP contribution in [-0.2, 0) is 6.61 Å². The second kappa shape index (κ2) is 5.44. The third-order valence-electron chi connectivity index (χ3n) is 3.03. The number of benzene rings is 2. The zero-order valence-electron chi connectivity index (χ0n) is 10.7. The summed E-state index contributed by atoms with van der Waals surface area (Å²) >= 11 is 0.